The third-order valence-corrected chi connectivity index (χ3v) is 3.70. The molecule has 7 nitrogen and oxygen atoms in total. The van der Waals surface area contributed by atoms with Crippen molar-refractivity contribution in [3.05, 3.63) is 0 Å². The summed E-state index contributed by atoms with van der Waals surface area (Å²) < 4.78 is 0. The largest absolute Gasteiger partial charge is 0.356 e. The number of barbiturate groups is 1. The van der Waals surface area contributed by atoms with Gasteiger partial charge in [-0.15, -0.1) is 0 Å². The van der Waals surface area contributed by atoms with Gasteiger partial charge in [0.05, 0.1) is 0 Å². The predicted molar refractivity (Wildman–Crippen MR) is 64.8 cm³/mol. The Kier molecular flexibility index (Phi) is 3.55. The Bertz CT molecular complexity index is 442. The third kappa shape index (κ3) is 2.20. The van der Waals surface area contributed by atoms with Crippen LogP contribution < -0.4 is 10.6 Å². The molecule has 0 atom stereocenters. The normalized spacial score (nSPS) is 21.1. The summed E-state index contributed by atoms with van der Waals surface area (Å²) in [6.07, 6.45) is 1.81. The molecule has 2 fully saturated rings. The molecule has 7 heteroatoms. The highest BCUT2D eigenvalue weighted by Gasteiger charge is 2.57. The molecule has 104 valence electrons. The average Bonchev–Trinajstić information content (AvgIpc) is 2.26. The molecular weight excluding hydrogens is 250 g/mol. The highest BCUT2D eigenvalue weighted by Crippen LogP contribution is 2.44. The summed E-state index contributed by atoms with van der Waals surface area (Å²) in [5.74, 6) is -1.18. The van der Waals surface area contributed by atoms with E-state index < -0.39 is 23.3 Å². The fourth-order valence-electron chi connectivity index (χ4n) is 2.41. The smallest absolute Gasteiger partial charge is 0.330 e. The van der Waals surface area contributed by atoms with Crippen molar-refractivity contribution in [2.45, 2.75) is 32.6 Å². The van der Waals surface area contributed by atoms with Crippen LogP contribution in [0.25, 0.3) is 0 Å². The van der Waals surface area contributed by atoms with Crippen LogP contribution in [0.1, 0.15) is 32.6 Å². The molecule has 1 saturated heterocycles. The lowest BCUT2D eigenvalue weighted by Crippen LogP contribution is -2.66. The van der Waals surface area contributed by atoms with E-state index in [0.717, 1.165) is 11.3 Å². The van der Waals surface area contributed by atoms with E-state index in [-0.39, 0.29) is 18.9 Å². The first-order valence-electron chi connectivity index (χ1n) is 6.45. The van der Waals surface area contributed by atoms with E-state index in [1.54, 1.807) is 6.92 Å². The summed E-state index contributed by atoms with van der Waals surface area (Å²) in [4.78, 5) is 48.0. The van der Waals surface area contributed by atoms with Crippen molar-refractivity contribution in [2.24, 2.45) is 5.41 Å². The molecule has 2 rings (SSSR count). The van der Waals surface area contributed by atoms with E-state index >= 15 is 0 Å². The maximum Gasteiger partial charge on any atom is 0.330 e. The standard InChI is InChI=1S/C12H17N3O4/c1-2-13-8(16)4-7-15-10(18)12(5-3-6-12)9(17)14-11(15)19/h2-7H2,1H3,(H,13,16)(H,14,17,19). The Morgan fingerprint density at radius 1 is 1.37 bits per heavy atom. The molecule has 2 aliphatic rings. The molecule has 0 aromatic heterocycles. The first-order valence-corrected chi connectivity index (χ1v) is 6.45. The van der Waals surface area contributed by atoms with E-state index in [4.69, 9.17) is 0 Å². The van der Waals surface area contributed by atoms with Gasteiger partial charge in [0.1, 0.15) is 5.41 Å². The number of urea groups is 1. The van der Waals surface area contributed by atoms with Crippen LogP contribution in [0.15, 0.2) is 0 Å². The molecule has 2 N–H and O–H groups in total. The Balaban J connectivity index is 2.03. The Morgan fingerprint density at radius 2 is 2.05 bits per heavy atom. The monoisotopic (exact) mass is 267 g/mol. The van der Waals surface area contributed by atoms with Gasteiger partial charge < -0.3 is 5.32 Å². The molecule has 1 aliphatic carbocycles. The van der Waals surface area contributed by atoms with Crippen LogP contribution >= 0.6 is 0 Å². The van der Waals surface area contributed by atoms with Gasteiger partial charge in [-0.2, -0.15) is 0 Å². The highest BCUT2D eigenvalue weighted by molar-refractivity contribution is 6.19. The second-order valence-electron chi connectivity index (χ2n) is 4.86. The number of nitrogens with one attached hydrogen (secondary N) is 2. The molecule has 0 unspecified atom stereocenters. The van der Waals surface area contributed by atoms with E-state index in [9.17, 15) is 19.2 Å². The minimum absolute atomic E-state index is 0.00549. The van der Waals surface area contributed by atoms with Crippen molar-refractivity contribution in [3.8, 4) is 0 Å². The maximum absolute atomic E-state index is 12.2. The number of hydrogen-bond acceptors (Lipinski definition) is 4. The van der Waals surface area contributed by atoms with E-state index in [1.165, 1.54) is 0 Å². The van der Waals surface area contributed by atoms with Gasteiger partial charge >= 0.3 is 6.03 Å². The highest BCUT2D eigenvalue weighted by atomic mass is 16.2. The van der Waals surface area contributed by atoms with Crippen LogP contribution in [-0.2, 0) is 14.4 Å². The van der Waals surface area contributed by atoms with Crippen molar-refractivity contribution in [1.82, 2.24) is 15.5 Å². The van der Waals surface area contributed by atoms with Crippen LogP contribution in [0.3, 0.4) is 0 Å². The van der Waals surface area contributed by atoms with Gasteiger partial charge in [0.2, 0.25) is 17.7 Å². The summed E-state index contributed by atoms with van der Waals surface area (Å²) in [6, 6.07) is -0.725. The van der Waals surface area contributed by atoms with E-state index in [2.05, 4.69) is 10.6 Å². The van der Waals surface area contributed by atoms with Crippen LogP contribution in [0.2, 0.25) is 0 Å². The number of amides is 5. The van der Waals surface area contributed by atoms with Gasteiger partial charge in [0.15, 0.2) is 0 Å². The molecule has 0 aromatic rings. The summed E-state index contributed by atoms with van der Waals surface area (Å²) in [5.41, 5.74) is -1.06. The van der Waals surface area contributed by atoms with Crippen molar-refractivity contribution < 1.29 is 19.2 Å². The molecule has 5 amide bonds. The van der Waals surface area contributed by atoms with Gasteiger partial charge in [-0.25, -0.2) is 4.79 Å². The summed E-state index contributed by atoms with van der Waals surface area (Å²) in [7, 11) is 0. The summed E-state index contributed by atoms with van der Waals surface area (Å²) in [5, 5.41) is 4.80. The predicted octanol–water partition coefficient (Wildman–Crippen LogP) is -0.239. The molecule has 19 heavy (non-hydrogen) atoms. The van der Waals surface area contributed by atoms with Crippen molar-refractivity contribution in [3.63, 3.8) is 0 Å². The molecule has 0 aromatic carbocycles. The summed E-state index contributed by atoms with van der Waals surface area (Å²) in [6.45, 7) is 2.30. The number of imide groups is 2. The second-order valence-corrected chi connectivity index (χ2v) is 4.86. The molecule has 1 spiro atoms. The third-order valence-electron chi connectivity index (χ3n) is 3.70. The quantitative estimate of drug-likeness (QED) is 0.687. The zero-order valence-corrected chi connectivity index (χ0v) is 10.8. The Hall–Kier alpha value is -1.92. The van der Waals surface area contributed by atoms with Crippen molar-refractivity contribution in [1.29, 1.82) is 0 Å². The molecule has 1 saturated carbocycles. The fourth-order valence-corrected chi connectivity index (χ4v) is 2.41. The summed E-state index contributed by atoms with van der Waals surface area (Å²) >= 11 is 0. The lowest BCUT2D eigenvalue weighted by Gasteiger charge is -2.44. The Morgan fingerprint density at radius 3 is 2.58 bits per heavy atom. The number of nitrogens with zero attached hydrogens (tertiary/aromatic N) is 1. The lowest BCUT2D eigenvalue weighted by molar-refractivity contribution is -0.157. The zero-order valence-electron chi connectivity index (χ0n) is 10.8. The first-order chi connectivity index (χ1) is 9.01. The average molecular weight is 267 g/mol. The SMILES string of the molecule is CCNC(=O)CCN1C(=O)NC(=O)C2(CCC2)C1=O. The van der Waals surface area contributed by atoms with Crippen molar-refractivity contribution in [2.75, 3.05) is 13.1 Å². The van der Waals surface area contributed by atoms with Gasteiger partial charge in [-0.05, 0) is 19.8 Å². The van der Waals surface area contributed by atoms with E-state index in [0.29, 0.717) is 19.4 Å². The topological polar surface area (TPSA) is 95.6 Å². The lowest BCUT2D eigenvalue weighted by atomic mass is 9.66. The number of carbonyl (C=O) groups excluding carboxylic acids is 4. The van der Waals surface area contributed by atoms with Gasteiger partial charge in [-0.3, -0.25) is 24.6 Å². The van der Waals surface area contributed by atoms with Gasteiger partial charge in [0.25, 0.3) is 0 Å². The Labute approximate surface area is 110 Å². The second kappa shape index (κ2) is 4.99. The van der Waals surface area contributed by atoms with E-state index in [1.807, 2.05) is 0 Å². The number of hydrogen-bond donors (Lipinski definition) is 2. The number of carbonyl (C=O) groups is 4. The van der Waals surface area contributed by atoms with Gasteiger partial charge in [0, 0.05) is 19.5 Å². The molecule has 0 bridgehead atoms. The minimum atomic E-state index is -1.06. The molecule has 1 aliphatic heterocycles. The minimum Gasteiger partial charge on any atom is -0.356 e. The number of rotatable bonds is 4. The zero-order chi connectivity index (χ0) is 14.0. The van der Waals surface area contributed by atoms with Gasteiger partial charge in [-0.1, -0.05) is 6.42 Å². The van der Waals surface area contributed by atoms with Crippen LogP contribution in [0.5, 0.6) is 0 Å². The van der Waals surface area contributed by atoms with Crippen LogP contribution in [0, 0.1) is 5.41 Å². The maximum atomic E-state index is 12.2. The van der Waals surface area contributed by atoms with Crippen LogP contribution in [-0.4, -0.2) is 41.7 Å². The van der Waals surface area contributed by atoms with Crippen molar-refractivity contribution >= 4 is 23.8 Å². The fraction of sp³-hybridized carbons (Fsp3) is 0.667. The first kappa shape index (κ1) is 13.5. The molecule has 1 heterocycles. The molecule has 0 radical (unpaired) electrons. The molecular formula is C12H17N3O4. The van der Waals surface area contributed by atoms with Crippen LogP contribution in [0.4, 0.5) is 4.79 Å².